The van der Waals surface area contributed by atoms with Crippen molar-refractivity contribution in [1.82, 2.24) is 5.32 Å². The highest BCUT2D eigenvalue weighted by Crippen LogP contribution is 2.37. The van der Waals surface area contributed by atoms with E-state index in [0.29, 0.717) is 14.8 Å². The van der Waals surface area contributed by atoms with Gasteiger partial charge in [0.25, 0.3) is 11.8 Å². The molecule has 0 radical (unpaired) electrons. The first kappa shape index (κ1) is 26.4. The monoisotopic (exact) mass is 632 g/mol. The van der Waals surface area contributed by atoms with Crippen LogP contribution in [0.15, 0.2) is 71.1 Å². The Balaban J connectivity index is 1.70. The van der Waals surface area contributed by atoms with Gasteiger partial charge < -0.3 is 8.92 Å². The summed E-state index contributed by atoms with van der Waals surface area (Å²) < 4.78 is 36.7. The van der Waals surface area contributed by atoms with Crippen molar-refractivity contribution in [1.29, 1.82) is 0 Å². The quantitative estimate of drug-likeness (QED) is 0.186. The Morgan fingerprint density at radius 3 is 2.30 bits per heavy atom. The number of aryl methyl sites for hydroxylation is 2. The molecule has 0 aromatic heterocycles. The summed E-state index contributed by atoms with van der Waals surface area (Å²) in [5.74, 6) is -1.61. The fourth-order valence-electron chi connectivity index (χ4n) is 3.59. The van der Waals surface area contributed by atoms with Gasteiger partial charge in [-0.15, -0.1) is 0 Å². The number of hydrogen-bond acceptors (Lipinski definition) is 7. The Hall–Kier alpha value is -3.71. The second-order valence-electron chi connectivity index (χ2n) is 8.18. The molecule has 11 heteroatoms. The number of carbonyl (C=O) groups is 3. The van der Waals surface area contributed by atoms with Crippen molar-refractivity contribution in [2.45, 2.75) is 18.7 Å². The fourth-order valence-corrected chi connectivity index (χ4v) is 5.43. The third kappa shape index (κ3) is 5.52. The van der Waals surface area contributed by atoms with Gasteiger partial charge in [-0.25, -0.2) is 9.69 Å². The Morgan fingerprint density at radius 2 is 1.65 bits per heavy atom. The number of rotatable bonds is 6. The Kier molecular flexibility index (Phi) is 7.37. The van der Waals surface area contributed by atoms with Crippen molar-refractivity contribution in [2.24, 2.45) is 0 Å². The number of imide groups is 2. The van der Waals surface area contributed by atoms with E-state index in [4.69, 9.17) is 8.92 Å². The van der Waals surface area contributed by atoms with E-state index in [2.05, 4.69) is 5.32 Å². The van der Waals surface area contributed by atoms with Gasteiger partial charge in [0.05, 0.1) is 16.4 Å². The van der Waals surface area contributed by atoms with Crippen LogP contribution < -0.4 is 19.1 Å². The van der Waals surface area contributed by atoms with E-state index < -0.39 is 28.0 Å². The summed E-state index contributed by atoms with van der Waals surface area (Å²) in [5, 5.41) is 2.18. The van der Waals surface area contributed by atoms with E-state index in [1.54, 1.807) is 30.3 Å². The van der Waals surface area contributed by atoms with E-state index in [9.17, 15) is 22.8 Å². The largest absolute Gasteiger partial charge is 0.493 e. The third-order valence-electron chi connectivity index (χ3n) is 5.43. The number of ether oxygens (including phenoxy) is 1. The molecule has 0 saturated carbocycles. The first-order valence-electron chi connectivity index (χ1n) is 10.9. The van der Waals surface area contributed by atoms with Crippen LogP contribution in [-0.4, -0.2) is 33.4 Å². The molecular formula is C26H21IN2O7S. The molecule has 1 aliphatic rings. The number of methoxy groups -OCH3 is 1. The van der Waals surface area contributed by atoms with Crippen LogP contribution in [0.1, 0.15) is 16.7 Å². The van der Waals surface area contributed by atoms with Crippen LogP contribution in [0.5, 0.6) is 11.5 Å². The maximum Gasteiger partial charge on any atom is 0.339 e. The van der Waals surface area contributed by atoms with Crippen molar-refractivity contribution < 1.29 is 31.7 Å². The standard InChI is InChI=1S/C26H21IN2O7S/c1-15-7-9-19(10-8-15)37(33,34)36-23-21(27)13-17(14-22(23)35-3)12-20-24(30)28-26(32)29(25(20)31)18-6-4-5-16(2)11-18/h4-14H,1-3H3,(H,28,30,32)/b20-12+. The summed E-state index contributed by atoms with van der Waals surface area (Å²) in [6, 6.07) is 15.1. The van der Waals surface area contributed by atoms with Crippen molar-refractivity contribution in [3.8, 4) is 11.5 Å². The SMILES string of the molecule is COc1cc(/C=C2\C(=O)NC(=O)N(c3cccc(C)c3)C2=O)cc(I)c1OS(=O)(=O)c1ccc(C)cc1. The van der Waals surface area contributed by atoms with E-state index in [-0.39, 0.29) is 22.0 Å². The highest BCUT2D eigenvalue weighted by Gasteiger charge is 2.37. The average Bonchev–Trinajstić information content (AvgIpc) is 2.83. The molecule has 0 spiro atoms. The molecule has 0 bridgehead atoms. The zero-order chi connectivity index (χ0) is 26.9. The number of carbonyl (C=O) groups excluding carboxylic acids is 3. The molecule has 1 heterocycles. The second-order valence-corrected chi connectivity index (χ2v) is 10.9. The van der Waals surface area contributed by atoms with Crippen LogP contribution in [-0.2, 0) is 19.7 Å². The molecule has 37 heavy (non-hydrogen) atoms. The summed E-state index contributed by atoms with van der Waals surface area (Å²) in [6.45, 7) is 3.65. The van der Waals surface area contributed by atoms with Crippen LogP contribution in [0.2, 0.25) is 0 Å². The van der Waals surface area contributed by atoms with E-state index in [0.717, 1.165) is 16.0 Å². The van der Waals surface area contributed by atoms with Crippen molar-refractivity contribution in [3.63, 3.8) is 0 Å². The number of nitrogens with one attached hydrogen (secondary N) is 1. The van der Waals surface area contributed by atoms with Gasteiger partial charge >= 0.3 is 16.1 Å². The lowest BCUT2D eigenvalue weighted by Gasteiger charge is -2.26. The number of nitrogens with zero attached hydrogens (tertiary/aromatic N) is 1. The lowest BCUT2D eigenvalue weighted by atomic mass is 10.1. The van der Waals surface area contributed by atoms with Gasteiger partial charge in [0, 0.05) is 0 Å². The Labute approximate surface area is 227 Å². The van der Waals surface area contributed by atoms with E-state index in [1.807, 2.05) is 42.5 Å². The number of barbiturate groups is 1. The lowest BCUT2D eigenvalue weighted by molar-refractivity contribution is -0.122. The zero-order valence-corrected chi connectivity index (χ0v) is 22.9. The zero-order valence-electron chi connectivity index (χ0n) is 19.9. The number of urea groups is 1. The number of anilines is 1. The number of amides is 4. The summed E-state index contributed by atoms with van der Waals surface area (Å²) in [5.41, 5.74) is 2.12. The minimum atomic E-state index is -4.15. The minimum absolute atomic E-state index is 0.0208. The van der Waals surface area contributed by atoms with Gasteiger partial charge in [-0.2, -0.15) is 8.42 Å². The molecule has 4 rings (SSSR count). The first-order valence-corrected chi connectivity index (χ1v) is 13.4. The number of hydrogen-bond donors (Lipinski definition) is 1. The summed E-state index contributed by atoms with van der Waals surface area (Å²) >= 11 is 1.88. The normalized spacial score (nSPS) is 15.1. The molecule has 1 N–H and O–H groups in total. The predicted octanol–water partition coefficient (Wildman–Crippen LogP) is 4.35. The second kappa shape index (κ2) is 10.3. The smallest absolute Gasteiger partial charge is 0.339 e. The molecule has 3 aromatic carbocycles. The van der Waals surface area contributed by atoms with Crippen LogP contribution in [0.4, 0.5) is 10.5 Å². The van der Waals surface area contributed by atoms with Crippen LogP contribution >= 0.6 is 22.6 Å². The average molecular weight is 632 g/mol. The van der Waals surface area contributed by atoms with Crippen molar-refractivity contribution in [3.05, 3.63) is 86.5 Å². The van der Waals surface area contributed by atoms with Crippen molar-refractivity contribution in [2.75, 3.05) is 12.0 Å². The van der Waals surface area contributed by atoms with E-state index >= 15 is 0 Å². The third-order valence-corrected chi connectivity index (χ3v) is 7.46. The molecule has 1 saturated heterocycles. The van der Waals surface area contributed by atoms with Crippen LogP contribution in [0.3, 0.4) is 0 Å². The van der Waals surface area contributed by atoms with Gasteiger partial charge in [0.2, 0.25) is 0 Å². The number of benzene rings is 3. The molecule has 3 aromatic rings. The van der Waals surface area contributed by atoms with Gasteiger partial charge in [0.1, 0.15) is 10.5 Å². The molecule has 4 amide bonds. The van der Waals surface area contributed by atoms with Crippen molar-refractivity contribution >= 4 is 62.3 Å². The van der Waals surface area contributed by atoms with Gasteiger partial charge in [-0.3, -0.25) is 14.9 Å². The van der Waals surface area contributed by atoms with E-state index in [1.165, 1.54) is 37.5 Å². The highest BCUT2D eigenvalue weighted by molar-refractivity contribution is 14.1. The maximum absolute atomic E-state index is 13.2. The first-order chi connectivity index (χ1) is 17.5. The van der Waals surface area contributed by atoms with Crippen LogP contribution in [0.25, 0.3) is 6.08 Å². The number of halogens is 1. The predicted molar refractivity (Wildman–Crippen MR) is 145 cm³/mol. The maximum atomic E-state index is 13.2. The molecule has 9 nitrogen and oxygen atoms in total. The summed E-state index contributed by atoms with van der Waals surface area (Å²) in [7, 11) is -2.82. The highest BCUT2D eigenvalue weighted by atomic mass is 127. The molecule has 0 atom stereocenters. The molecule has 0 unspecified atom stereocenters. The molecular weight excluding hydrogens is 611 g/mol. The molecule has 1 aliphatic heterocycles. The lowest BCUT2D eigenvalue weighted by Crippen LogP contribution is -2.54. The Morgan fingerprint density at radius 1 is 0.946 bits per heavy atom. The Bertz CT molecular complexity index is 1560. The fraction of sp³-hybridized carbons (Fsp3) is 0.115. The van der Waals surface area contributed by atoms with Gasteiger partial charge in [-0.1, -0.05) is 29.8 Å². The topological polar surface area (TPSA) is 119 Å². The van der Waals surface area contributed by atoms with Crippen LogP contribution in [0, 0.1) is 17.4 Å². The molecule has 1 fully saturated rings. The molecule has 0 aliphatic carbocycles. The van der Waals surface area contributed by atoms with Gasteiger partial charge in [-0.05, 0) is 90.0 Å². The molecule has 190 valence electrons. The minimum Gasteiger partial charge on any atom is -0.493 e. The van der Waals surface area contributed by atoms with Gasteiger partial charge in [0.15, 0.2) is 11.5 Å². The summed E-state index contributed by atoms with van der Waals surface area (Å²) in [4.78, 5) is 39.0. The summed E-state index contributed by atoms with van der Waals surface area (Å²) in [6.07, 6.45) is 1.30.